The van der Waals surface area contributed by atoms with Crippen LogP contribution in [0.2, 0.25) is 5.02 Å². The molecule has 3 nitrogen and oxygen atoms in total. The highest BCUT2D eigenvalue weighted by Crippen LogP contribution is 2.29. The number of benzene rings is 1. The summed E-state index contributed by atoms with van der Waals surface area (Å²) in [4.78, 5) is 12.2. The average molecular weight is 302 g/mol. The summed E-state index contributed by atoms with van der Waals surface area (Å²) in [5, 5.41) is 4.12. The molecule has 0 radical (unpaired) electrons. The van der Waals surface area contributed by atoms with Gasteiger partial charge in [-0.25, -0.2) is 0 Å². The van der Waals surface area contributed by atoms with Gasteiger partial charge in [0.15, 0.2) is 0 Å². The number of rotatable bonds is 5. The fourth-order valence-electron chi connectivity index (χ4n) is 1.39. The molecule has 0 unspecified atom stereocenters. The van der Waals surface area contributed by atoms with Gasteiger partial charge in [0.05, 0.1) is 12.9 Å². The molecule has 1 aromatic rings. The molecule has 0 saturated heterocycles. The van der Waals surface area contributed by atoms with Crippen molar-refractivity contribution in [1.29, 1.82) is 0 Å². The van der Waals surface area contributed by atoms with Crippen molar-refractivity contribution in [3.05, 3.63) is 28.8 Å². The molecular weight excluding hydrogens is 282 g/mol. The Balaban J connectivity index is 2.80. The van der Waals surface area contributed by atoms with E-state index in [-0.39, 0.29) is 11.5 Å². The van der Waals surface area contributed by atoms with Gasteiger partial charge in [-0.15, -0.1) is 11.8 Å². The Bertz CT molecular complexity index is 444. The highest BCUT2D eigenvalue weighted by molar-refractivity contribution is 8.00. The maximum absolute atomic E-state index is 11.2. The molecule has 0 fully saturated rings. The monoisotopic (exact) mass is 301 g/mol. The first-order valence-corrected chi connectivity index (χ1v) is 7.42. The standard InChI is InChI=1S/C14H20ClNO2S/c1-14(2,3)16-8-10-11(15)6-5-7-12(10)19-9-13(17)18-4/h5-7,16H,8-9H2,1-4H3. The fraction of sp³-hybridized carbons (Fsp3) is 0.500. The third-order valence-corrected chi connectivity index (χ3v) is 3.87. The van der Waals surface area contributed by atoms with Crippen molar-refractivity contribution < 1.29 is 9.53 Å². The molecule has 0 spiro atoms. The molecule has 1 rings (SSSR count). The molecule has 0 bridgehead atoms. The Labute approximate surface area is 124 Å². The smallest absolute Gasteiger partial charge is 0.315 e. The van der Waals surface area contributed by atoms with Crippen LogP contribution in [0.1, 0.15) is 26.3 Å². The van der Waals surface area contributed by atoms with Crippen molar-refractivity contribution in [3.8, 4) is 0 Å². The van der Waals surface area contributed by atoms with Crippen LogP contribution < -0.4 is 5.32 Å². The number of carbonyl (C=O) groups excluding carboxylic acids is 1. The second kappa shape index (κ2) is 7.17. The summed E-state index contributed by atoms with van der Waals surface area (Å²) >= 11 is 7.68. The molecule has 19 heavy (non-hydrogen) atoms. The van der Waals surface area contributed by atoms with Crippen molar-refractivity contribution in [2.45, 2.75) is 37.8 Å². The van der Waals surface area contributed by atoms with Crippen LogP contribution in [0, 0.1) is 0 Å². The van der Waals surface area contributed by atoms with Gasteiger partial charge in [-0.2, -0.15) is 0 Å². The van der Waals surface area contributed by atoms with Crippen molar-refractivity contribution in [2.75, 3.05) is 12.9 Å². The average Bonchev–Trinajstić information content (AvgIpc) is 2.33. The van der Waals surface area contributed by atoms with Gasteiger partial charge in [-0.3, -0.25) is 4.79 Å². The van der Waals surface area contributed by atoms with Gasteiger partial charge in [-0.05, 0) is 38.5 Å². The van der Waals surface area contributed by atoms with Crippen LogP contribution in [0.15, 0.2) is 23.1 Å². The van der Waals surface area contributed by atoms with Crippen molar-refractivity contribution in [3.63, 3.8) is 0 Å². The quantitative estimate of drug-likeness (QED) is 0.667. The number of methoxy groups -OCH3 is 1. The zero-order valence-electron chi connectivity index (χ0n) is 11.7. The predicted octanol–water partition coefficient (Wildman–Crippen LogP) is 3.49. The lowest BCUT2D eigenvalue weighted by atomic mass is 10.1. The Morgan fingerprint density at radius 2 is 2.11 bits per heavy atom. The first-order chi connectivity index (χ1) is 8.83. The van der Waals surface area contributed by atoms with E-state index in [9.17, 15) is 4.79 Å². The number of ether oxygens (including phenoxy) is 1. The molecule has 0 amide bonds. The molecule has 0 aliphatic rings. The van der Waals surface area contributed by atoms with E-state index < -0.39 is 0 Å². The van der Waals surface area contributed by atoms with E-state index in [2.05, 4.69) is 30.8 Å². The van der Waals surface area contributed by atoms with E-state index in [1.165, 1.54) is 18.9 Å². The van der Waals surface area contributed by atoms with E-state index in [1.54, 1.807) is 0 Å². The second-order valence-corrected chi connectivity index (χ2v) is 6.61. The molecule has 1 aromatic carbocycles. The van der Waals surface area contributed by atoms with Gasteiger partial charge in [0.1, 0.15) is 0 Å². The first-order valence-electron chi connectivity index (χ1n) is 6.05. The van der Waals surface area contributed by atoms with Crippen molar-refractivity contribution in [2.24, 2.45) is 0 Å². The van der Waals surface area contributed by atoms with Gasteiger partial charge >= 0.3 is 5.97 Å². The maximum Gasteiger partial charge on any atom is 0.315 e. The van der Waals surface area contributed by atoms with E-state index >= 15 is 0 Å². The minimum Gasteiger partial charge on any atom is -0.468 e. The van der Waals surface area contributed by atoms with Gasteiger partial charge in [0.2, 0.25) is 0 Å². The van der Waals surface area contributed by atoms with Crippen molar-refractivity contribution in [1.82, 2.24) is 5.32 Å². The second-order valence-electron chi connectivity index (χ2n) is 5.18. The van der Waals surface area contributed by atoms with Crippen LogP contribution >= 0.6 is 23.4 Å². The Hall–Kier alpha value is -0.710. The summed E-state index contributed by atoms with van der Waals surface area (Å²) < 4.78 is 4.65. The van der Waals surface area contributed by atoms with E-state index in [1.807, 2.05) is 18.2 Å². The minimum absolute atomic E-state index is 0.0173. The van der Waals surface area contributed by atoms with Gasteiger partial charge in [-0.1, -0.05) is 17.7 Å². The molecule has 106 valence electrons. The zero-order chi connectivity index (χ0) is 14.5. The molecule has 0 saturated carbocycles. The normalized spacial score (nSPS) is 11.4. The van der Waals surface area contributed by atoms with Gasteiger partial charge in [0, 0.05) is 22.0 Å². The summed E-state index contributed by atoms with van der Waals surface area (Å²) in [5.74, 6) is 0.0546. The Morgan fingerprint density at radius 3 is 2.68 bits per heavy atom. The molecule has 5 heteroatoms. The number of nitrogens with one attached hydrogen (secondary N) is 1. The Kier molecular flexibility index (Phi) is 6.17. The third kappa shape index (κ3) is 5.85. The summed E-state index contributed by atoms with van der Waals surface area (Å²) in [6.45, 7) is 6.98. The summed E-state index contributed by atoms with van der Waals surface area (Å²) in [7, 11) is 1.39. The predicted molar refractivity (Wildman–Crippen MR) is 80.8 cm³/mol. The molecule has 0 aromatic heterocycles. The van der Waals surface area contributed by atoms with Gasteiger partial charge in [0.25, 0.3) is 0 Å². The van der Waals surface area contributed by atoms with Crippen LogP contribution in [0.3, 0.4) is 0 Å². The lowest BCUT2D eigenvalue weighted by Gasteiger charge is -2.22. The van der Waals surface area contributed by atoms with Crippen LogP contribution in [-0.4, -0.2) is 24.4 Å². The molecule has 0 aliphatic carbocycles. The van der Waals surface area contributed by atoms with Crippen molar-refractivity contribution >= 4 is 29.3 Å². The number of esters is 1. The zero-order valence-corrected chi connectivity index (χ0v) is 13.3. The largest absolute Gasteiger partial charge is 0.468 e. The Morgan fingerprint density at radius 1 is 1.42 bits per heavy atom. The van der Waals surface area contributed by atoms with Crippen LogP contribution in [0.25, 0.3) is 0 Å². The number of hydrogen-bond donors (Lipinski definition) is 1. The molecule has 0 atom stereocenters. The molecular formula is C14H20ClNO2S. The van der Waals surface area contributed by atoms with Crippen LogP contribution in [0.4, 0.5) is 0 Å². The highest BCUT2D eigenvalue weighted by atomic mass is 35.5. The van der Waals surface area contributed by atoms with Crippen LogP contribution in [0.5, 0.6) is 0 Å². The lowest BCUT2D eigenvalue weighted by Crippen LogP contribution is -2.35. The summed E-state index contributed by atoms with van der Waals surface area (Å²) in [6, 6.07) is 5.73. The summed E-state index contributed by atoms with van der Waals surface area (Å²) in [6.07, 6.45) is 0. The third-order valence-electron chi connectivity index (χ3n) is 2.44. The van der Waals surface area contributed by atoms with Crippen LogP contribution in [-0.2, 0) is 16.1 Å². The lowest BCUT2D eigenvalue weighted by molar-refractivity contribution is -0.137. The first kappa shape index (κ1) is 16.3. The number of halogens is 1. The SMILES string of the molecule is COC(=O)CSc1cccc(Cl)c1CNC(C)(C)C. The highest BCUT2D eigenvalue weighted by Gasteiger charge is 2.14. The molecule has 0 heterocycles. The van der Waals surface area contributed by atoms with E-state index in [4.69, 9.17) is 11.6 Å². The van der Waals surface area contributed by atoms with E-state index in [0.29, 0.717) is 17.3 Å². The van der Waals surface area contributed by atoms with Gasteiger partial charge < -0.3 is 10.1 Å². The fourth-order valence-corrected chi connectivity index (χ4v) is 2.61. The molecule has 1 N–H and O–H groups in total. The molecule has 0 aliphatic heterocycles. The minimum atomic E-state index is -0.236. The summed E-state index contributed by atoms with van der Waals surface area (Å²) in [5.41, 5.74) is 1.04. The van der Waals surface area contributed by atoms with E-state index in [0.717, 1.165) is 10.5 Å². The topological polar surface area (TPSA) is 38.3 Å². The number of hydrogen-bond acceptors (Lipinski definition) is 4. The maximum atomic E-state index is 11.2. The number of carbonyl (C=O) groups is 1. The number of thioether (sulfide) groups is 1.